The van der Waals surface area contributed by atoms with E-state index in [0.717, 1.165) is 24.6 Å². The minimum atomic E-state index is -0.651. The van der Waals surface area contributed by atoms with Crippen molar-refractivity contribution >= 4 is 17.5 Å². The maximum absolute atomic E-state index is 13.8. The van der Waals surface area contributed by atoms with Crippen molar-refractivity contribution in [1.82, 2.24) is 9.97 Å². The first-order chi connectivity index (χ1) is 10.8. The highest BCUT2D eigenvalue weighted by molar-refractivity contribution is 5.58. The topological polar surface area (TPSA) is 49.8 Å². The van der Waals surface area contributed by atoms with Gasteiger partial charge in [0.05, 0.1) is 11.4 Å². The number of nitrogens with zero attached hydrogens (tertiary/aromatic N) is 2. The number of hydrogen-bond acceptors (Lipinski definition) is 4. The second kappa shape index (κ2) is 5.76. The van der Waals surface area contributed by atoms with Crippen LogP contribution in [-0.2, 0) is 0 Å². The van der Waals surface area contributed by atoms with Crippen molar-refractivity contribution in [2.24, 2.45) is 0 Å². The molecular weight excluding hydrogens is 298 g/mol. The Morgan fingerprint density at radius 2 is 1.83 bits per heavy atom. The molecule has 0 radical (unpaired) electrons. The van der Waals surface area contributed by atoms with Crippen LogP contribution in [0.3, 0.4) is 0 Å². The van der Waals surface area contributed by atoms with Crippen molar-refractivity contribution in [2.45, 2.75) is 45.1 Å². The summed E-state index contributed by atoms with van der Waals surface area (Å²) in [5.74, 6) is 0.189. The molecule has 23 heavy (non-hydrogen) atoms. The molecule has 2 aromatic rings. The average Bonchev–Trinajstić information content (AvgIpc) is 3.24. The lowest BCUT2D eigenvalue weighted by Gasteiger charge is -2.21. The molecule has 0 aliphatic heterocycles. The zero-order chi connectivity index (χ0) is 16.6. The Morgan fingerprint density at radius 1 is 1.09 bits per heavy atom. The van der Waals surface area contributed by atoms with Crippen molar-refractivity contribution in [3.8, 4) is 0 Å². The van der Waals surface area contributed by atoms with E-state index in [1.54, 1.807) is 0 Å². The van der Waals surface area contributed by atoms with Gasteiger partial charge in [-0.05, 0) is 45.7 Å². The molecule has 4 nitrogen and oxygen atoms in total. The number of nitrogens with one attached hydrogen (secondary N) is 2. The maximum atomic E-state index is 13.8. The van der Waals surface area contributed by atoms with Gasteiger partial charge in [0.15, 0.2) is 0 Å². The molecule has 0 atom stereocenters. The molecule has 0 bridgehead atoms. The summed E-state index contributed by atoms with van der Waals surface area (Å²) in [7, 11) is 0. The van der Waals surface area contributed by atoms with Gasteiger partial charge in [-0.15, -0.1) is 0 Å². The van der Waals surface area contributed by atoms with Crippen molar-refractivity contribution < 1.29 is 8.78 Å². The van der Waals surface area contributed by atoms with Crippen molar-refractivity contribution in [2.75, 3.05) is 10.6 Å². The van der Waals surface area contributed by atoms with E-state index in [1.165, 1.54) is 12.1 Å². The highest BCUT2D eigenvalue weighted by atomic mass is 19.1. The monoisotopic (exact) mass is 318 g/mol. The van der Waals surface area contributed by atoms with Crippen LogP contribution in [0.1, 0.15) is 45.2 Å². The van der Waals surface area contributed by atoms with E-state index in [2.05, 4.69) is 20.6 Å². The first kappa shape index (κ1) is 15.6. The van der Waals surface area contributed by atoms with E-state index in [4.69, 9.17) is 0 Å². The maximum Gasteiger partial charge on any atom is 0.225 e. The van der Waals surface area contributed by atoms with Crippen LogP contribution < -0.4 is 10.6 Å². The largest absolute Gasteiger partial charge is 0.350 e. The minimum absolute atomic E-state index is 0.180. The van der Waals surface area contributed by atoms with Crippen LogP contribution in [0.5, 0.6) is 0 Å². The van der Waals surface area contributed by atoms with E-state index in [9.17, 15) is 8.78 Å². The summed E-state index contributed by atoms with van der Waals surface area (Å²) in [6, 6.07) is 5.25. The first-order valence-corrected chi connectivity index (χ1v) is 7.69. The third-order valence-electron chi connectivity index (χ3n) is 3.42. The Labute approximate surface area is 134 Å². The van der Waals surface area contributed by atoms with Gasteiger partial charge in [0.25, 0.3) is 0 Å². The van der Waals surface area contributed by atoms with Gasteiger partial charge in [-0.2, -0.15) is 4.98 Å². The number of hydrogen-bond donors (Lipinski definition) is 2. The second-order valence-corrected chi connectivity index (χ2v) is 6.90. The highest BCUT2D eigenvalue weighted by Crippen LogP contribution is 2.40. The number of rotatable bonds is 4. The Bertz CT molecular complexity index is 721. The van der Waals surface area contributed by atoms with E-state index in [-0.39, 0.29) is 11.2 Å². The molecule has 6 heteroatoms. The van der Waals surface area contributed by atoms with Crippen LogP contribution in [0.4, 0.5) is 26.2 Å². The molecule has 1 aliphatic carbocycles. The molecule has 0 unspecified atom stereocenters. The number of aromatic nitrogens is 2. The van der Waals surface area contributed by atoms with E-state index >= 15 is 0 Å². The van der Waals surface area contributed by atoms with Crippen LogP contribution in [-0.4, -0.2) is 15.5 Å². The van der Waals surface area contributed by atoms with Gasteiger partial charge in [0, 0.05) is 23.6 Å². The summed E-state index contributed by atoms with van der Waals surface area (Å²) in [5.41, 5.74) is 0.950. The third kappa shape index (κ3) is 4.15. The van der Waals surface area contributed by atoms with E-state index in [1.807, 2.05) is 26.8 Å². The SMILES string of the molecule is CC(C)(C)Nc1nc(Nc2ccc(F)cc2F)cc(C2CC2)n1. The molecule has 1 aliphatic rings. The fourth-order valence-corrected chi connectivity index (χ4v) is 2.24. The number of anilines is 3. The standard InChI is InChI=1S/C17H20F2N4/c1-17(2,3)23-16-21-14(10-4-5-10)9-15(22-16)20-13-7-6-11(18)8-12(13)19/h6-10H,4-5H2,1-3H3,(H2,20,21,22,23). The van der Waals surface area contributed by atoms with Gasteiger partial charge < -0.3 is 10.6 Å². The fraction of sp³-hybridized carbons (Fsp3) is 0.412. The van der Waals surface area contributed by atoms with Gasteiger partial charge in [-0.1, -0.05) is 0 Å². The Hall–Kier alpha value is -2.24. The number of halogens is 2. The molecule has 1 heterocycles. The lowest BCUT2D eigenvalue weighted by Crippen LogP contribution is -2.27. The van der Waals surface area contributed by atoms with Gasteiger partial charge in [0.2, 0.25) is 5.95 Å². The summed E-state index contributed by atoms with van der Waals surface area (Å²) < 4.78 is 26.8. The molecule has 1 aromatic heterocycles. The highest BCUT2D eigenvalue weighted by Gasteiger charge is 2.27. The molecular formula is C17H20F2N4. The average molecular weight is 318 g/mol. The van der Waals surface area contributed by atoms with Gasteiger partial charge >= 0.3 is 0 Å². The van der Waals surface area contributed by atoms with Gasteiger partial charge in [0.1, 0.15) is 17.5 Å². The molecule has 0 amide bonds. The summed E-state index contributed by atoms with van der Waals surface area (Å²) in [6.07, 6.45) is 2.21. The molecule has 1 fully saturated rings. The van der Waals surface area contributed by atoms with Crippen LogP contribution >= 0.6 is 0 Å². The molecule has 0 saturated heterocycles. The van der Waals surface area contributed by atoms with Crippen LogP contribution in [0, 0.1) is 11.6 Å². The quantitative estimate of drug-likeness (QED) is 0.866. The summed E-state index contributed by atoms with van der Waals surface area (Å²) in [5, 5.41) is 6.15. The van der Waals surface area contributed by atoms with Crippen molar-refractivity contribution in [3.63, 3.8) is 0 Å². The lowest BCUT2D eigenvalue weighted by molar-refractivity contribution is 0.586. The molecule has 2 N–H and O–H groups in total. The molecule has 1 aromatic carbocycles. The predicted octanol–water partition coefficient (Wildman–Crippen LogP) is 4.59. The van der Waals surface area contributed by atoms with Crippen molar-refractivity contribution in [1.29, 1.82) is 0 Å². The summed E-state index contributed by atoms with van der Waals surface area (Å²) >= 11 is 0. The van der Waals surface area contributed by atoms with E-state index in [0.29, 0.717) is 17.7 Å². The second-order valence-electron chi connectivity index (χ2n) is 6.90. The molecule has 3 rings (SSSR count). The lowest BCUT2D eigenvalue weighted by atomic mass is 10.1. The van der Waals surface area contributed by atoms with Crippen LogP contribution in [0.15, 0.2) is 24.3 Å². The molecule has 0 spiro atoms. The third-order valence-corrected chi connectivity index (χ3v) is 3.42. The predicted molar refractivity (Wildman–Crippen MR) is 87.0 cm³/mol. The minimum Gasteiger partial charge on any atom is -0.350 e. The Balaban J connectivity index is 1.91. The normalized spacial score (nSPS) is 14.7. The molecule has 122 valence electrons. The van der Waals surface area contributed by atoms with Crippen molar-refractivity contribution in [3.05, 3.63) is 41.6 Å². The van der Waals surface area contributed by atoms with Gasteiger partial charge in [-0.25, -0.2) is 13.8 Å². The number of benzene rings is 1. The van der Waals surface area contributed by atoms with Crippen LogP contribution in [0.25, 0.3) is 0 Å². The van der Waals surface area contributed by atoms with Gasteiger partial charge in [-0.3, -0.25) is 0 Å². The zero-order valence-corrected chi connectivity index (χ0v) is 13.5. The first-order valence-electron chi connectivity index (χ1n) is 7.69. The zero-order valence-electron chi connectivity index (χ0n) is 13.5. The Morgan fingerprint density at radius 3 is 2.43 bits per heavy atom. The van der Waals surface area contributed by atoms with Crippen LogP contribution in [0.2, 0.25) is 0 Å². The summed E-state index contributed by atoms with van der Waals surface area (Å²) in [6.45, 7) is 6.06. The fourth-order valence-electron chi connectivity index (χ4n) is 2.24. The summed E-state index contributed by atoms with van der Waals surface area (Å²) in [4.78, 5) is 8.94. The Kier molecular flexibility index (Phi) is 3.92. The van der Waals surface area contributed by atoms with E-state index < -0.39 is 11.6 Å². The molecule has 1 saturated carbocycles. The smallest absolute Gasteiger partial charge is 0.225 e.